The summed E-state index contributed by atoms with van der Waals surface area (Å²) in [6, 6.07) is 0. The van der Waals surface area contributed by atoms with E-state index in [2.05, 4.69) is 13.8 Å². The van der Waals surface area contributed by atoms with Crippen molar-refractivity contribution in [2.45, 2.75) is 52.2 Å². The molecule has 0 spiro atoms. The Bertz CT molecular complexity index is 205. The molecule has 1 aliphatic heterocycles. The molecular weight excluding hydrogens is 192 g/mol. The Labute approximate surface area is 92.4 Å². The molecule has 2 atom stereocenters. The van der Waals surface area contributed by atoms with E-state index in [4.69, 9.17) is 4.74 Å². The quantitative estimate of drug-likeness (QED) is 0.750. The van der Waals surface area contributed by atoms with Crippen molar-refractivity contribution in [3.63, 3.8) is 0 Å². The number of aliphatic hydroxyl groups is 2. The van der Waals surface area contributed by atoms with Crippen LogP contribution >= 0.6 is 0 Å². The molecule has 0 aliphatic carbocycles. The number of rotatable bonds is 4. The van der Waals surface area contributed by atoms with Gasteiger partial charge in [0, 0.05) is 5.92 Å². The summed E-state index contributed by atoms with van der Waals surface area (Å²) < 4.78 is 5.23. The number of hydrogen-bond acceptors (Lipinski definition) is 3. The zero-order valence-corrected chi connectivity index (χ0v) is 10.3. The second-order valence-electron chi connectivity index (χ2n) is 6.22. The lowest BCUT2D eigenvalue weighted by molar-refractivity contribution is 0.0169. The average molecular weight is 216 g/mol. The van der Waals surface area contributed by atoms with E-state index < -0.39 is 5.60 Å². The van der Waals surface area contributed by atoms with E-state index in [0.29, 0.717) is 13.2 Å². The minimum Gasteiger partial charge on any atom is -0.390 e. The van der Waals surface area contributed by atoms with Gasteiger partial charge >= 0.3 is 0 Å². The Kier molecular flexibility index (Phi) is 3.80. The highest BCUT2D eigenvalue weighted by molar-refractivity contribution is 4.84. The van der Waals surface area contributed by atoms with Crippen LogP contribution in [0.2, 0.25) is 0 Å². The topological polar surface area (TPSA) is 49.7 Å². The van der Waals surface area contributed by atoms with Gasteiger partial charge in [0.2, 0.25) is 0 Å². The summed E-state index contributed by atoms with van der Waals surface area (Å²) in [6.45, 7) is 9.04. The second-order valence-corrected chi connectivity index (χ2v) is 6.22. The molecule has 90 valence electrons. The first kappa shape index (κ1) is 12.9. The molecule has 0 amide bonds. The van der Waals surface area contributed by atoms with Gasteiger partial charge in [-0.05, 0) is 32.1 Å². The van der Waals surface area contributed by atoms with Crippen LogP contribution in [-0.2, 0) is 4.74 Å². The molecule has 0 aromatic heterocycles. The largest absolute Gasteiger partial charge is 0.390 e. The average Bonchev–Trinajstić information content (AvgIpc) is 2.29. The Morgan fingerprint density at radius 3 is 2.20 bits per heavy atom. The first-order valence-corrected chi connectivity index (χ1v) is 5.68. The summed E-state index contributed by atoms with van der Waals surface area (Å²) in [6.07, 6.45) is 1.31. The van der Waals surface area contributed by atoms with E-state index in [1.807, 2.05) is 13.8 Å². The van der Waals surface area contributed by atoms with E-state index in [0.717, 1.165) is 12.8 Å². The van der Waals surface area contributed by atoms with Gasteiger partial charge in [-0.15, -0.1) is 0 Å². The number of aliphatic hydroxyl groups excluding tert-OH is 1. The smallest absolute Gasteiger partial charge is 0.0823 e. The summed E-state index contributed by atoms with van der Waals surface area (Å²) in [7, 11) is 0. The molecule has 3 heteroatoms. The molecule has 1 heterocycles. The Hall–Kier alpha value is -0.120. The monoisotopic (exact) mass is 216 g/mol. The molecule has 0 aromatic carbocycles. The molecule has 1 saturated heterocycles. The van der Waals surface area contributed by atoms with Crippen molar-refractivity contribution in [1.29, 1.82) is 0 Å². The van der Waals surface area contributed by atoms with Crippen LogP contribution in [0, 0.1) is 11.3 Å². The van der Waals surface area contributed by atoms with Gasteiger partial charge in [0.05, 0.1) is 24.9 Å². The minimum atomic E-state index is -0.645. The Morgan fingerprint density at radius 2 is 1.80 bits per heavy atom. The molecule has 2 N–H and O–H groups in total. The van der Waals surface area contributed by atoms with Crippen LogP contribution in [0.5, 0.6) is 0 Å². The maximum atomic E-state index is 9.80. The summed E-state index contributed by atoms with van der Waals surface area (Å²) in [5.74, 6) is 0.224. The molecule has 1 rings (SSSR count). The Balaban J connectivity index is 2.48. The van der Waals surface area contributed by atoms with Crippen LogP contribution in [0.15, 0.2) is 0 Å². The third-order valence-corrected chi connectivity index (χ3v) is 2.89. The SMILES string of the molecule is CC(C)(O)CC(C)(C)CC1COCC1O. The fraction of sp³-hybridized carbons (Fsp3) is 1.00. The highest BCUT2D eigenvalue weighted by atomic mass is 16.5. The van der Waals surface area contributed by atoms with Crippen LogP contribution < -0.4 is 0 Å². The molecular formula is C12H24O3. The van der Waals surface area contributed by atoms with E-state index in [-0.39, 0.29) is 17.4 Å². The molecule has 15 heavy (non-hydrogen) atoms. The summed E-state index contributed by atoms with van der Waals surface area (Å²) in [4.78, 5) is 0. The van der Waals surface area contributed by atoms with Gasteiger partial charge < -0.3 is 14.9 Å². The molecule has 1 fully saturated rings. The van der Waals surface area contributed by atoms with Gasteiger partial charge in [-0.1, -0.05) is 13.8 Å². The van der Waals surface area contributed by atoms with Gasteiger partial charge in [-0.3, -0.25) is 0 Å². The van der Waals surface area contributed by atoms with Crippen molar-refractivity contribution in [2.24, 2.45) is 11.3 Å². The lowest BCUT2D eigenvalue weighted by Gasteiger charge is -2.33. The summed E-state index contributed by atoms with van der Waals surface area (Å²) >= 11 is 0. The van der Waals surface area contributed by atoms with E-state index >= 15 is 0 Å². The molecule has 0 bridgehead atoms. The van der Waals surface area contributed by atoms with Crippen LogP contribution in [-0.4, -0.2) is 35.1 Å². The number of hydrogen-bond donors (Lipinski definition) is 2. The van der Waals surface area contributed by atoms with Gasteiger partial charge in [0.25, 0.3) is 0 Å². The normalized spacial score (nSPS) is 28.4. The van der Waals surface area contributed by atoms with Crippen molar-refractivity contribution in [3.05, 3.63) is 0 Å². The van der Waals surface area contributed by atoms with Gasteiger partial charge in [0.1, 0.15) is 0 Å². The predicted octanol–water partition coefficient (Wildman–Crippen LogP) is 1.57. The van der Waals surface area contributed by atoms with Crippen molar-refractivity contribution in [1.82, 2.24) is 0 Å². The molecule has 0 saturated carbocycles. The molecule has 2 unspecified atom stereocenters. The lowest BCUT2D eigenvalue weighted by atomic mass is 9.75. The highest BCUT2D eigenvalue weighted by Crippen LogP contribution is 2.36. The predicted molar refractivity (Wildman–Crippen MR) is 59.6 cm³/mol. The summed E-state index contributed by atoms with van der Waals surface area (Å²) in [5.41, 5.74) is -0.606. The van der Waals surface area contributed by atoms with Gasteiger partial charge in [-0.2, -0.15) is 0 Å². The molecule has 1 aliphatic rings. The number of ether oxygens (including phenoxy) is 1. The standard InChI is InChI=1S/C12H24O3/c1-11(2,8-12(3,4)14)5-9-6-15-7-10(9)13/h9-10,13-14H,5-8H2,1-4H3. The van der Waals surface area contributed by atoms with Gasteiger partial charge in [0.15, 0.2) is 0 Å². The maximum absolute atomic E-state index is 9.80. The first-order valence-electron chi connectivity index (χ1n) is 5.68. The highest BCUT2D eigenvalue weighted by Gasteiger charge is 2.34. The fourth-order valence-electron chi connectivity index (χ4n) is 2.74. The molecule has 0 radical (unpaired) electrons. The van der Waals surface area contributed by atoms with Crippen LogP contribution in [0.3, 0.4) is 0 Å². The van der Waals surface area contributed by atoms with Crippen LogP contribution in [0.1, 0.15) is 40.5 Å². The third-order valence-electron chi connectivity index (χ3n) is 2.89. The Morgan fingerprint density at radius 1 is 1.20 bits per heavy atom. The second kappa shape index (κ2) is 4.40. The van der Waals surface area contributed by atoms with Crippen molar-refractivity contribution >= 4 is 0 Å². The van der Waals surface area contributed by atoms with E-state index in [9.17, 15) is 10.2 Å². The molecule has 3 nitrogen and oxygen atoms in total. The van der Waals surface area contributed by atoms with Crippen molar-refractivity contribution in [2.75, 3.05) is 13.2 Å². The van der Waals surface area contributed by atoms with Crippen molar-refractivity contribution < 1.29 is 14.9 Å². The van der Waals surface area contributed by atoms with Crippen LogP contribution in [0.4, 0.5) is 0 Å². The zero-order valence-electron chi connectivity index (χ0n) is 10.3. The maximum Gasteiger partial charge on any atom is 0.0823 e. The van der Waals surface area contributed by atoms with E-state index in [1.165, 1.54) is 0 Å². The summed E-state index contributed by atoms with van der Waals surface area (Å²) in [5, 5.41) is 19.5. The third kappa shape index (κ3) is 4.49. The van der Waals surface area contributed by atoms with Crippen molar-refractivity contribution in [3.8, 4) is 0 Å². The molecule has 0 aromatic rings. The van der Waals surface area contributed by atoms with Gasteiger partial charge in [-0.25, -0.2) is 0 Å². The van der Waals surface area contributed by atoms with Crippen LogP contribution in [0.25, 0.3) is 0 Å². The first-order chi connectivity index (χ1) is 6.70. The zero-order chi connectivity index (χ0) is 11.7. The van der Waals surface area contributed by atoms with E-state index in [1.54, 1.807) is 0 Å². The lowest BCUT2D eigenvalue weighted by Crippen LogP contribution is -2.32. The fourth-order valence-corrected chi connectivity index (χ4v) is 2.74. The minimum absolute atomic E-state index is 0.0393.